The predicted octanol–water partition coefficient (Wildman–Crippen LogP) is 0.434. The topological polar surface area (TPSA) is 35.7 Å². The summed E-state index contributed by atoms with van der Waals surface area (Å²) in [5.74, 6) is 0. The minimum atomic E-state index is 0.251. The Labute approximate surface area is 112 Å². The van der Waals surface area contributed by atoms with Crippen molar-refractivity contribution < 1.29 is 0 Å². The van der Waals surface area contributed by atoms with Gasteiger partial charge in [0.2, 0.25) is 0 Å². The first kappa shape index (κ1) is 14.3. The van der Waals surface area contributed by atoms with Gasteiger partial charge in [-0.2, -0.15) is 0 Å². The molecule has 0 spiro atoms. The molecule has 2 heterocycles. The van der Waals surface area contributed by atoms with Crippen molar-refractivity contribution in [2.75, 3.05) is 46.8 Å². The Morgan fingerprint density at radius 1 is 1.06 bits per heavy atom. The van der Waals surface area contributed by atoms with Gasteiger partial charge in [0, 0.05) is 43.8 Å². The highest BCUT2D eigenvalue weighted by atomic mass is 15.3. The van der Waals surface area contributed by atoms with Gasteiger partial charge in [-0.3, -0.25) is 4.90 Å². The molecular formula is C14H30N4. The maximum Gasteiger partial charge on any atom is 0.0359 e. The Hall–Kier alpha value is -0.160. The molecule has 4 heteroatoms. The van der Waals surface area contributed by atoms with E-state index in [1.165, 1.54) is 39.0 Å². The molecular weight excluding hydrogens is 224 g/mol. The molecule has 0 amide bonds. The Kier molecular flexibility index (Phi) is 4.32. The molecule has 2 saturated heterocycles. The molecule has 0 bridgehead atoms. The lowest BCUT2D eigenvalue weighted by Crippen LogP contribution is -2.65. The average molecular weight is 254 g/mol. The quantitative estimate of drug-likeness (QED) is 0.775. The van der Waals surface area contributed by atoms with Crippen molar-refractivity contribution >= 4 is 0 Å². The molecule has 2 fully saturated rings. The minimum absolute atomic E-state index is 0.251. The van der Waals surface area contributed by atoms with E-state index in [-0.39, 0.29) is 5.54 Å². The van der Waals surface area contributed by atoms with E-state index < -0.39 is 0 Å². The van der Waals surface area contributed by atoms with Crippen LogP contribution in [0.2, 0.25) is 0 Å². The number of nitrogens with zero attached hydrogens (tertiary/aromatic N) is 3. The molecule has 0 aromatic heterocycles. The van der Waals surface area contributed by atoms with Crippen LogP contribution in [-0.2, 0) is 0 Å². The zero-order valence-electron chi connectivity index (χ0n) is 12.5. The monoisotopic (exact) mass is 254 g/mol. The van der Waals surface area contributed by atoms with E-state index in [1.54, 1.807) is 0 Å². The Morgan fingerprint density at radius 3 is 2.28 bits per heavy atom. The van der Waals surface area contributed by atoms with Crippen LogP contribution >= 0.6 is 0 Å². The van der Waals surface area contributed by atoms with Crippen molar-refractivity contribution in [3.05, 3.63) is 0 Å². The van der Waals surface area contributed by atoms with Crippen molar-refractivity contribution in [3.8, 4) is 0 Å². The molecule has 0 aromatic carbocycles. The molecule has 4 nitrogen and oxygen atoms in total. The Balaban J connectivity index is 2.08. The van der Waals surface area contributed by atoms with E-state index in [0.717, 1.165) is 6.54 Å². The standard InChI is InChI=1S/C14H30N4/c1-12-9-14(11-15,5-6-16(12)3)18-8-7-17(4)13(2)10-18/h12-13H,5-11,15H2,1-4H3. The van der Waals surface area contributed by atoms with Gasteiger partial charge in [0.15, 0.2) is 0 Å². The maximum absolute atomic E-state index is 6.18. The number of nitrogens with two attached hydrogens (primary N) is 1. The van der Waals surface area contributed by atoms with Crippen molar-refractivity contribution in [2.45, 2.75) is 44.3 Å². The molecule has 0 aromatic rings. The van der Waals surface area contributed by atoms with Crippen molar-refractivity contribution in [3.63, 3.8) is 0 Å². The van der Waals surface area contributed by atoms with Gasteiger partial charge in [0.25, 0.3) is 0 Å². The van der Waals surface area contributed by atoms with Gasteiger partial charge >= 0.3 is 0 Å². The summed E-state index contributed by atoms with van der Waals surface area (Å²) >= 11 is 0. The van der Waals surface area contributed by atoms with Crippen LogP contribution in [0.1, 0.15) is 26.7 Å². The van der Waals surface area contributed by atoms with Crippen LogP contribution in [0.15, 0.2) is 0 Å². The highest BCUT2D eigenvalue weighted by Gasteiger charge is 2.42. The summed E-state index contributed by atoms with van der Waals surface area (Å²) in [5, 5.41) is 0. The highest BCUT2D eigenvalue weighted by Crippen LogP contribution is 2.32. The summed E-state index contributed by atoms with van der Waals surface area (Å²) in [6, 6.07) is 1.30. The fourth-order valence-corrected chi connectivity index (χ4v) is 3.49. The smallest absolute Gasteiger partial charge is 0.0359 e. The summed E-state index contributed by atoms with van der Waals surface area (Å²) in [6.07, 6.45) is 2.44. The van der Waals surface area contributed by atoms with Crippen LogP contribution in [0.25, 0.3) is 0 Å². The van der Waals surface area contributed by atoms with E-state index in [2.05, 4.69) is 42.6 Å². The number of hydrogen-bond donors (Lipinski definition) is 1. The molecule has 2 rings (SSSR count). The normalized spacial score (nSPS) is 41.2. The van der Waals surface area contributed by atoms with Gasteiger partial charge in [-0.05, 0) is 47.3 Å². The number of likely N-dealkylation sites (N-methyl/N-ethyl adjacent to an activating group) is 1. The summed E-state index contributed by atoms with van der Waals surface area (Å²) in [5.41, 5.74) is 6.43. The van der Waals surface area contributed by atoms with E-state index in [1.807, 2.05) is 0 Å². The molecule has 3 atom stereocenters. The Morgan fingerprint density at radius 2 is 1.72 bits per heavy atom. The third-order valence-corrected chi connectivity index (χ3v) is 5.37. The number of piperidine rings is 1. The van der Waals surface area contributed by atoms with Crippen LogP contribution in [0.4, 0.5) is 0 Å². The van der Waals surface area contributed by atoms with Crippen LogP contribution in [0, 0.1) is 0 Å². The van der Waals surface area contributed by atoms with Crippen molar-refractivity contribution in [2.24, 2.45) is 5.73 Å². The molecule has 2 aliphatic rings. The summed E-state index contributed by atoms with van der Waals surface area (Å²) in [4.78, 5) is 7.60. The van der Waals surface area contributed by atoms with Gasteiger partial charge in [-0.1, -0.05) is 0 Å². The second-order valence-corrected chi connectivity index (χ2v) is 6.49. The van der Waals surface area contributed by atoms with Crippen LogP contribution in [0.5, 0.6) is 0 Å². The largest absolute Gasteiger partial charge is 0.329 e. The molecule has 106 valence electrons. The Bertz CT molecular complexity index is 283. The molecule has 0 aliphatic carbocycles. The first-order chi connectivity index (χ1) is 8.48. The lowest BCUT2D eigenvalue weighted by atomic mass is 9.81. The lowest BCUT2D eigenvalue weighted by molar-refractivity contribution is -0.0284. The van der Waals surface area contributed by atoms with E-state index in [9.17, 15) is 0 Å². The molecule has 2 N–H and O–H groups in total. The van der Waals surface area contributed by atoms with Gasteiger partial charge in [0.1, 0.15) is 0 Å². The summed E-state index contributed by atoms with van der Waals surface area (Å²) in [6.45, 7) is 10.2. The van der Waals surface area contributed by atoms with Crippen LogP contribution in [0.3, 0.4) is 0 Å². The first-order valence-corrected chi connectivity index (χ1v) is 7.34. The summed E-state index contributed by atoms with van der Waals surface area (Å²) in [7, 11) is 4.46. The third kappa shape index (κ3) is 2.57. The van der Waals surface area contributed by atoms with Gasteiger partial charge < -0.3 is 15.5 Å². The fourth-order valence-electron chi connectivity index (χ4n) is 3.49. The third-order valence-electron chi connectivity index (χ3n) is 5.37. The maximum atomic E-state index is 6.18. The lowest BCUT2D eigenvalue weighted by Gasteiger charge is -2.53. The SMILES string of the molecule is CC1CN(C2(CN)CCN(C)C(C)C2)CCN1C. The molecule has 0 saturated carbocycles. The highest BCUT2D eigenvalue weighted by molar-refractivity contribution is 5.00. The molecule has 3 unspecified atom stereocenters. The summed E-state index contributed by atoms with van der Waals surface area (Å²) < 4.78 is 0. The van der Waals surface area contributed by atoms with Crippen LogP contribution < -0.4 is 5.73 Å². The van der Waals surface area contributed by atoms with Gasteiger partial charge in [-0.25, -0.2) is 0 Å². The van der Waals surface area contributed by atoms with Crippen molar-refractivity contribution in [1.29, 1.82) is 0 Å². The van der Waals surface area contributed by atoms with E-state index >= 15 is 0 Å². The average Bonchev–Trinajstić information content (AvgIpc) is 2.36. The molecule has 0 radical (unpaired) electrons. The van der Waals surface area contributed by atoms with E-state index in [4.69, 9.17) is 5.73 Å². The number of rotatable bonds is 2. The van der Waals surface area contributed by atoms with Gasteiger partial charge in [-0.15, -0.1) is 0 Å². The zero-order valence-corrected chi connectivity index (χ0v) is 12.5. The zero-order chi connectivity index (χ0) is 13.3. The number of piperazine rings is 1. The van der Waals surface area contributed by atoms with Crippen LogP contribution in [-0.4, -0.2) is 79.1 Å². The number of likely N-dealkylation sites (tertiary alicyclic amines) is 1. The molecule has 2 aliphatic heterocycles. The first-order valence-electron chi connectivity index (χ1n) is 7.34. The molecule has 18 heavy (non-hydrogen) atoms. The number of hydrogen-bond acceptors (Lipinski definition) is 4. The van der Waals surface area contributed by atoms with Gasteiger partial charge in [0.05, 0.1) is 0 Å². The fraction of sp³-hybridized carbons (Fsp3) is 1.00. The second kappa shape index (κ2) is 5.45. The van der Waals surface area contributed by atoms with E-state index in [0.29, 0.717) is 12.1 Å². The predicted molar refractivity (Wildman–Crippen MR) is 76.8 cm³/mol. The second-order valence-electron chi connectivity index (χ2n) is 6.49. The minimum Gasteiger partial charge on any atom is -0.329 e. The van der Waals surface area contributed by atoms with Crippen molar-refractivity contribution in [1.82, 2.24) is 14.7 Å².